The maximum absolute atomic E-state index is 13.1. The Morgan fingerprint density at radius 2 is 0.491 bits per heavy atom. The van der Waals surface area contributed by atoms with E-state index in [-0.39, 0.29) is 25.7 Å². The normalized spacial score (nSPS) is 14.7. The second-order valence-electron chi connectivity index (χ2n) is 26.2. The second-order valence-corrected chi connectivity index (χ2v) is 29.1. The molecule has 0 amide bonds. The molecule has 0 radical (unpaired) electrons. The number of phosphoric ester groups is 2. The van der Waals surface area contributed by atoms with Gasteiger partial charge in [0.2, 0.25) is 0 Å². The minimum atomic E-state index is -5.00. The van der Waals surface area contributed by atoms with Crippen molar-refractivity contribution in [3.63, 3.8) is 0 Å². The Balaban J connectivity index is 5.46. The number of esters is 4. The number of aliphatic hydroxyl groups is 1. The van der Waals surface area contributed by atoms with E-state index in [0.29, 0.717) is 25.7 Å². The number of aliphatic hydroxyl groups excluding tert-OH is 1. The minimum Gasteiger partial charge on any atom is -0.462 e. The Kier molecular flexibility index (Phi) is 73.5. The first-order valence-electron chi connectivity index (χ1n) is 40.4. The lowest BCUT2D eigenvalue weighted by Gasteiger charge is -2.21. The molecule has 0 aliphatic carbocycles. The van der Waals surface area contributed by atoms with Crippen LogP contribution < -0.4 is 0 Å². The summed E-state index contributed by atoms with van der Waals surface area (Å²) in [6, 6.07) is 0. The molecular formula is C87H142O17P2. The largest absolute Gasteiger partial charge is 0.472 e. The number of rotatable bonds is 74. The Morgan fingerprint density at radius 1 is 0.274 bits per heavy atom. The number of phosphoric acid groups is 2. The number of hydrogen-bond donors (Lipinski definition) is 3. The molecule has 19 heteroatoms. The summed E-state index contributed by atoms with van der Waals surface area (Å²) in [5, 5.41) is 10.7. The monoisotopic (exact) mass is 1520 g/mol. The number of carbonyl (C=O) groups excluding carboxylic acids is 4. The van der Waals surface area contributed by atoms with Gasteiger partial charge in [0.05, 0.1) is 26.4 Å². The van der Waals surface area contributed by atoms with Crippen LogP contribution in [0.1, 0.15) is 297 Å². The van der Waals surface area contributed by atoms with Crippen molar-refractivity contribution < 1.29 is 80.2 Å². The summed E-state index contributed by atoms with van der Waals surface area (Å²) in [6.45, 7) is 4.40. The fourth-order valence-electron chi connectivity index (χ4n) is 10.1. The van der Waals surface area contributed by atoms with Gasteiger partial charge < -0.3 is 33.8 Å². The molecule has 5 atom stereocenters. The molecule has 106 heavy (non-hydrogen) atoms. The van der Waals surface area contributed by atoms with Crippen LogP contribution in [0.5, 0.6) is 0 Å². The lowest BCUT2D eigenvalue weighted by molar-refractivity contribution is -0.161. The summed E-state index contributed by atoms with van der Waals surface area (Å²) in [5.74, 6) is -2.28. The van der Waals surface area contributed by atoms with Crippen molar-refractivity contribution in [2.45, 2.75) is 316 Å². The Labute approximate surface area is 642 Å². The van der Waals surface area contributed by atoms with Crippen molar-refractivity contribution in [3.8, 4) is 0 Å². The van der Waals surface area contributed by atoms with Crippen molar-refractivity contribution >= 4 is 39.5 Å². The molecule has 0 aromatic carbocycles. The van der Waals surface area contributed by atoms with Crippen molar-refractivity contribution in [1.82, 2.24) is 0 Å². The number of unbranched alkanes of at least 4 members (excludes halogenated alkanes) is 20. The minimum absolute atomic E-state index is 0.0610. The maximum atomic E-state index is 13.1. The number of ether oxygens (including phenoxy) is 4. The van der Waals surface area contributed by atoms with Gasteiger partial charge >= 0.3 is 39.5 Å². The van der Waals surface area contributed by atoms with Crippen LogP contribution >= 0.6 is 15.6 Å². The topological polar surface area (TPSA) is 237 Å². The van der Waals surface area contributed by atoms with E-state index in [1.807, 2.05) is 0 Å². The molecule has 0 saturated carbocycles. The first-order chi connectivity index (χ1) is 51.7. The van der Waals surface area contributed by atoms with E-state index < -0.39 is 97.5 Å². The highest BCUT2D eigenvalue weighted by atomic mass is 31.2. The van der Waals surface area contributed by atoms with Gasteiger partial charge in [-0.2, -0.15) is 0 Å². The van der Waals surface area contributed by atoms with Crippen LogP contribution in [0.25, 0.3) is 0 Å². The van der Waals surface area contributed by atoms with Crippen LogP contribution in [0.2, 0.25) is 0 Å². The van der Waals surface area contributed by atoms with Gasteiger partial charge in [0.25, 0.3) is 0 Å². The molecule has 0 aromatic rings. The number of carbonyl (C=O) groups is 4. The molecule has 0 spiro atoms. The Hall–Kier alpha value is -5.58. The SMILES string of the molecule is CC/C=C\C/C=C\C/C=C\C/C=C\C/C=C\CCCCCC(=O)OCC(COP(=O)(O)OCC(O)COP(=O)(O)OCC(COC(=O)CCCCCC/C=C\C/C=C\C/C=C\C/C=C\CC)OC(=O)CCCCCCC/C=C\C/C=C\CCCCC)OC(=O)CCCCCCC/C=C\C/C=C\C/C=C\CC. The zero-order valence-corrected chi connectivity index (χ0v) is 67.6. The highest BCUT2D eigenvalue weighted by Crippen LogP contribution is 2.45. The van der Waals surface area contributed by atoms with Crippen molar-refractivity contribution in [1.29, 1.82) is 0 Å². The predicted octanol–water partition coefficient (Wildman–Crippen LogP) is 23.8. The highest BCUT2D eigenvalue weighted by Gasteiger charge is 2.30. The highest BCUT2D eigenvalue weighted by molar-refractivity contribution is 7.47. The molecule has 17 nitrogen and oxygen atoms in total. The molecule has 0 aromatic heterocycles. The van der Waals surface area contributed by atoms with E-state index in [1.165, 1.54) is 19.3 Å². The van der Waals surface area contributed by atoms with Gasteiger partial charge in [0.1, 0.15) is 19.3 Å². The molecule has 3 N–H and O–H groups in total. The van der Waals surface area contributed by atoms with E-state index in [1.54, 1.807) is 0 Å². The Bertz CT molecular complexity index is 2680. The lowest BCUT2D eigenvalue weighted by atomic mass is 10.1. The fraction of sp³-hybridized carbons (Fsp3) is 0.632. The second kappa shape index (κ2) is 77.6. The van der Waals surface area contributed by atoms with Crippen LogP contribution in [0, 0.1) is 0 Å². The van der Waals surface area contributed by atoms with E-state index >= 15 is 0 Å². The third-order valence-electron chi connectivity index (χ3n) is 16.2. The molecule has 0 aliphatic heterocycles. The molecule has 0 fully saturated rings. The molecule has 0 rings (SSSR count). The molecule has 602 valence electrons. The molecule has 0 saturated heterocycles. The van der Waals surface area contributed by atoms with Crippen LogP contribution in [0.15, 0.2) is 170 Å². The van der Waals surface area contributed by atoms with Crippen molar-refractivity contribution in [2.24, 2.45) is 0 Å². The van der Waals surface area contributed by atoms with E-state index in [2.05, 4.69) is 198 Å². The Morgan fingerprint density at radius 3 is 0.764 bits per heavy atom. The van der Waals surface area contributed by atoms with E-state index in [4.69, 9.17) is 37.0 Å². The summed E-state index contributed by atoms with van der Waals surface area (Å²) in [6.07, 6.45) is 91.8. The zero-order valence-electron chi connectivity index (χ0n) is 65.8. The van der Waals surface area contributed by atoms with Gasteiger partial charge in [-0.15, -0.1) is 0 Å². The van der Waals surface area contributed by atoms with Crippen molar-refractivity contribution in [3.05, 3.63) is 170 Å². The quantitative estimate of drug-likeness (QED) is 0.0169. The predicted molar refractivity (Wildman–Crippen MR) is 436 cm³/mol. The molecule has 5 unspecified atom stereocenters. The molecule has 0 aliphatic rings. The van der Waals surface area contributed by atoms with Gasteiger partial charge in [-0.05, 0) is 173 Å². The molecule has 0 heterocycles. The van der Waals surface area contributed by atoms with Gasteiger partial charge in [-0.1, -0.05) is 268 Å². The number of hydrogen-bond acceptors (Lipinski definition) is 15. The summed E-state index contributed by atoms with van der Waals surface area (Å²) >= 11 is 0. The van der Waals surface area contributed by atoms with Crippen LogP contribution in [0.3, 0.4) is 0 Å². The van der Waals surface area contributed by atoms with E-state index in [9.17, 15) is 43.2 Å². The van der Waals surface area contributed by atoms with Crippen LogP contribution in [0.4, 0.5) is 0 Å². The fourth-order valence-corrected chi connectivity index (χ4v) is 11.7. The summed E-state index contributed by atoms with van der Waals surface area (Å²) in [4.78, 5) is 73.1. The average Bonchev–Trinajstić information content (AvgIpc) is 0.909. The third-order valence-corrected chi connectivity index (χ3v) is 18.1. The zero-order chi connectivity index (χ0) is 77.4. The van der Waals surface area contributed by atoms with Gasteiger partial charge in [0, 0.05) is 25.7 Å². The summed E-state index contributed by atoms with van der Waals surface area (Å²) in [7, 11) is -10.00. The third kappa shape index (κ3) is 76.6. The van der Waals surface area contributed by atoms with E-state index in [0.717, 1.165) is 199 Å². The smallest absolute Gasteiger partial charge is 0.462 e. The van der Waals surface area contributed by atoms with Gasteiger partial charge in [-0.3, -0.25) is 37.3 Å². The van der Waals surface area contributed by atoms with Crippen LogP contribution in [-0.4, -0.2) is 96.7 Å². The van der Waals surface area contributed by atoms with Gasteiger partial charge in [0.15, 0.2) is 12.2 Å². The maximum Gasteiger partial charge on any atom is 0.472 e. The van der Waals surface area contributed by atoms with Gasteiger partial charge in [-0.25, -0.2) is 9.13 Å². The summed E-state index contributed by atoms with van der Waals surface area (Å²) in [5.41, 5.74) is 0. The first kappa shape index (κ1) is 100. The summed E-state index contributed by atoms with van der Waals surface area (Å²) < 4.78 is 68.6. The molecular weight excluding hydrogens is 1380 g/mol. The standard InChI is InChI=1S/C87H142O17P2/c1-5-9-13-17-21-25-29-33-37-39-40-42-46-48-52-56-60-64-68-72-85(90)98-78-83(104-87(92)74-70-66-62-58-54-50-44-36-32-28-24-20-16-12-8-4)80-102-106(95,96)100-76-81(88)75-99-105(93,94)101-79-82(103-86(91)73-69-65-61-57-53-49-43-35-31-27-23-19-15-11-7-3)77-97-84(89)71-67-63-59-55-51-47-45-41-38-34-30-26-22-18-14-10-6-2/h9-10,12-14,16,21-28,33-38,40,42-45,47-48,52,81-83,88H,5-8,11,15,17-20,29-32,39,41,46,49-51,53-80H2,1-4H3,(H,93,94)(H,95,96)/b13-9-,14-10-,16-12-,25-21-,26-22-,27-23-,28-24-,37-33-,38-34-,42-40-,43-35-,44-36-,47-45-,52-48-. The first-order valence-corrected chi connectivity index (χ1v) is 43.4. The van der Waals surface area contributed by atoms with Crippen molar-refractivity contribution in [2.75, 3.05) is 39.6 Å². The number of allylic oxidation sites excluding steroid dienone is 28. The lowest BCUT2D eigenvalue weighted by Crippen LogP contribution is -2.30. The average molecular weight is 1520 g/mol. The molecule has 0 bridgehead atoms. The van der Waals surface area contributed by atoms with Crippen LogP contribution in [-0.2, 0) is 65.4 Å².